The molecule has 15 heavy (non-hydrogen) atoms. The van der Waals surface area contributed by atoms with Gasteiger partial charge in [0.05, 0.1) is 10.4 Å². The Morgan fingerprint density at radius 3 is 2.67 bits per heavy atom. The highest BCUT2D eigenvalue weighted by atomic mass is 79.9. The maximum absolute atomic E-state index is 9.43. The second-order valence-corrected chi connectivity index (χ2v) is 6.75. The third kappa shape index (κ3) is 2.81. The standard InChI is InChI=1S/C11H16BrNOS/c12-10-4-3-9(15-10)7-13-11(8-14)5-1-2-6-11/h3-4,13-14H,1-2,5-8H2. The molecule has 0 unspecified atom stereocenters. The number of halogens is 1. The molecular formula is C11H16BrNOS. The van der Waals surface area contributed by atoms with E-state index >= 15 is 0 Å². The average Bonchev–Trinajstić information content (AvgIpc) is 2.85. The summed E-state index contributed by atoms with van der Waals surface area (Å²) in [5.74, 6) is 0. The minimum Gasteiger partial charge on any atom is -0.394 e. The molecule has 1 saturated carbocycles. The van der Waals surface area contributed by atoms with Crippen LogP contribution < -0.4 is 5.32 Å². The predicted octanol–water partition coefficient (Wildman–Crippen LogP) is 2.91. The number of aliphatic hydroxyl groups is 1. The topological polar surface area (TPSA) is 32.3 Å². The van der Waals surface area contributed by atoms with E-state index in [9.17, 15) is 5.11 Å². The average molecular weight is 290 g/mol. The summed E-state index contributed by atoms with van der Waals surface area (Å²) in [6.45, 7) is 1.14. The lowest BCUT2D eigenvalue weighted by atomic mass is 9.99. The number of rotatable bonds is 4. The van der Waals surface area contributed by atoms with Crippen molar-refractivity contribution >= 4 is 27.3 Å². The van der Waals surface area contributed by atoms with Gasteiger partial charge in [0.15, 0.2) is 0 Å². The first-order chi connectivity index (χ1) is 7.24. The van der Waals surface area contributed by atoms with Crippen LogP contribution in [0.15, 0.2) is 15.9 Å². The summed E-state index contributed by atoms with van der Waals surface area (Å²) in [4.78, 5) is 1.32. The number of thiophene rings is 1. The number of nitrogens with one attached hydrogen (secondary N) is 1. The van der Waals surface area contributed by atoms with Gasteiger partial charge in [-0.25, -0.2) is 0 Å². The third-order valence-corrected chi connectivity index (χ3v) is 4.75. The van der Waals surface area contributed by atoms with Crippen molar-refractivity contribution in [3.05, 3.63) is 20.8 Å². The van der Waals surface area contributed by atoms with Crippen LogP contribution in [0, 0.1) is 0 Å². The van der Waals surface area contributed by atoms with Crippen molar-refractivity contribution in [2.45, 2.75) is 37.8 Å². The molecule has 0 aliphatic heterocycles. The maximum Gasteiger partial charge on any atom is 0.0701 e. The Balaban J connectivity index is 1.91. The molecule has 0 radical (unpaired) electrons. The lowest BCUT2D eigenvalue weighted by molar-refractivity contribution is 0.163. The van der Waals surface area contributed by atoms with Gasteiger partial charge >= 0.3 is 0 Å². The normalized spacial score (nSPS) is 19.6. The fourth-order valence-corrected chi connectivity index (χ4v) is 3.59. The second-order valence-electron chi connectivity index (χ2n) is 4.20. The van der Waals surface area contributed by atoms with E-state index in [0.29, 0.717) is 0 Å². The summed E-state index contributed by atoms with van der Waals surface area (Å²) in [5, 5.41) is 12.9. The van der Waals surface area contributed by atoms with Crippen LogP contribution in [0.5, 0.6) is 0 Å². The highest BCUT2D eigenvalue weighted by Gasteiger charge is 2.32. The van der Waals surface area contributed by atoms with Crippen molar-refractivity contribution in [1.82, 2.24) is 5.32 Å². The first-order valence-electron chi connectivity index (χ1n) is 5.34. The van der Waals surface area contributed by atoms with Crippen molar-refractivity contribution in [2.24, 2.45) is 0 Å². The quantitative estimate of drug-likeness (QED) is 0.893. The molecule has 0 atom stereocenters. The van der Waals surface area contributed by atoms with Gasteiger partial charge in [-0.05, 0) is 40.9 Å². The van der Waals surface area contributed by atoms with E-state index in [4.69, 9.17) is 0 Å². The molecule has 2 nitrogen and oxygen atoms in total. The fourth-order valence-electron chi connectivity index (χ4n) is 2.16. The van der Waals surface area contributed by atoms with Crippen molar-refractivity contribution < 1.29 is 5.11 Å². The van der Waals surface area contributed by atoms with E-state index in [0.717, 1.165) is 19.4 Å². The number of aliphatic hydroxyl groups excluding tert-OH is 1. The Kier molecular flexibility index (Phi) is 3.83. The van der Waals surface area contributed by atoms with E-state index in [1.165, 1.54) is 21.5 Å². The Morgan fingerprint density at radius 1 is 1.40 bits per heavy atom. The molecule has 0 bridgehead atoms. The molecule has 0 amide bonds. The van der Waals surface area contributed by atoms with Crippen molar-refractivity contribution in [3.8, 4) is 0 Å². The summed E-state index contributed by atoms with van der Waals surface area (Å²) in [6.07, 6.45) is 4.69. The Hall–Kier alpha value is 0.1000. The van der Waals surface area contributed by atoms with Crippen LogP contribution >= 0.6 is 27.3 Å². The fraction of sp³-hybridized carbons (Fsp3) is 0.636. The zero-order chi connectivity index (χ0) is 10.7. The van der Waals surface area contributed by atoms with Crippen LogP contribution in [0.4, 0.5) is 0 Å². The van der Waals surface area contributed by atoms with Crippen molar-refractivity contribution in [3.63, 3.8) is 0 Å². The molecular weight excluding hydrogens is 274 g/mol. The van der Waals surface area contributed by atoms with Gasteiger partial charge in [0.25, 0.3) is 0 Å². The Labute approximate surface area is 103 Å². The largest absolute Gasteiger partial charge is 0.394 e. The summed E-state index contributed by atoms with van der Waals surface area (Å²) in [7, 11) is 0. The molecule has 1 heterocycles. The molecule has 4 heteroatoms. The van der Waals surface area contributed by atoms with E-state index in [1.807, 2.05) is 0 Å². The summed E-state index contributed by atoms with van der Waals surface area (Å²) in [5.41, 5.74) is -0.00351. The van der Waals surface area contributed by atoms with E-state index in [1.54, 1.807) is 11.3 Å². The van der Waals surface area contributed by atoms with Gasteiger partial charge in [0, 0.05) is 17.0 Å². The molecule has 1 aliphatic rings. The smallest absolute Gasteiger partial charge is 0.0701 e. The molecule has 2 rings (SSSR count). The summed E-state index contributed by atoms with van der Waals surface area (Å²) >= 11 is 5.21. The second kappa shape index (κ2) is 4.95. The Bertz CT molecular complexity index is 320. The van der Waals surface area contributed by atoms with Gasteiger partial charge in [-0.2, -0.15) is 0 Å². The van der Waals surface area contributed by atoms with E-state index < -0.39 is 0 Å². The zero-order valence-electron chi connectivity index (χ0n) is 8.63. The van der Waals surface area contributed by atoms with Gasteiger partial charge in [-0.15, -0.1) is 11.3 Å². The van der Waals surface area contributed by atoms with Crippen LogP contribution in [-0.2, 0) is 6.54 Å². The van der Waals surface area contributed by atoms with Crippen molar-refractivity contribution in [2.75, 3.05) is 6.61 Å². The number of hydrogen-bond acceptors (Lipinski definition) is 3. The van der Waals surface area contributed by atoms with Crippen LogP contribution in [0.1, 0.15) is 30.6 Å². The molecule has 2 N–H and O–H groups in total. The monoisotopic (exact) mass is 289 g/mol. The third-order valence-electron chi connectivity index (χ3n) is 3.13. The first kappa shape index (κ1) is 11.6. The molecule has 1 aliphatic carbocycles. The van der Waals surface area contributed by atoms with Gasteiger partial charge < -0.3 is 10.4 Å². The van der Waals surface area contributed by atoms with Gasteiger partial charge in [-0.1, -0.05) is 12.8 Å². The summed E-state index contributed by atoms with van der Waals surface area (Å²) < 4.78 is 1.17. The maximum atomic E-state index is 9.43. The minimum absolute atomic E-state index is 0.00351. The van der Waals surface area contributed by atoms with Gasteiger partial charge in [0.1, 0.15) is 0 Å². The van der Waals surface area contributed by atoms with Crippen LogP contribution in [0.25, 0.3) is 0 Å². The van der Waals surface area contributed by atoms with Gasteiger partial charge in [0.2, 0.25) is 0 Å². The molecule has 84 valence electrons. The summed E-state index contributed by atoms with van der Waals surface area (Å²) in [6, 6.07) is 4.20. The predicted molar refractivity (Wildman–Crippen MR) is 67.1 cm³/mol. The van der Waals surface area contributed by atoms with Crippen LogP contribution in [0.2, 0.25) is 0 Å². The highest BCUT2D eigenvalue weighted by Crippen LogP contribution is 2.30. The highest BCUT2D eigenvalue weighted by molar-refractivity contribution is 9.11. The van der Waals surface area contributed by atoms with Crippen molar-refractivity contribution in [1.29, 1.82) is 0 Å². The first-order valence-corrected chi connectivity index (χ1v) is 6.95. The minimum atomic E-state index is -0.00351. The van der Waals surface area contributed by atoms with Crippen LogP contribution in [0.3, 0.4) is 0 Å². The van der Waals surface area contributed by atoms with Crippen LogP contribution in [-0.4, -0.2) is 17.3 Å². The molecule has 1 aromatic rings. The molecule has 0 saturated heterocycles. The lowest BCUT2D eigenvalue weighted by Crippen LogP contribution is -2.45. The van der Waals surface area contributed by atoms with E-state index in [-0.39, 0.29) is 12.1 Å². The van der Waals surface area contributed by atoms with E-state index in [2.05, 4.69) is 33.4 Å². The lowest BCUT2D eigenvalue weighted by Gasteiger charge is -2.27. The zero-order valence-corrected chi connectivity index (χ0v) is 11.0. The molecule has 1 aromatic heterocycles. The molecule has 0 spiro atoms. The SMILES string of the molecule is OCC1(NCc2ccc(Br)s2)CCCC1. The Morgan fingerprint density at radius 2 is 2.13 bits per heavy atom. The number of hydrogen-bond donors (Lipinski definition) is 2. The molecule has 1 fully saturated rings. The molecule has 0 aromatic carbocycles. The van der Waals surface area contributed by atoms with Gasteiger partial charge in [-0.3, -0.25) is 0 Å².